The number of hydrogen-bond donors (Lipinski definition) is 0. The molecule has 1 atom stereocenters. The molecule has 3 aromatic rings. The van der Waals surface area contributed by atoms with Gasteiger partial charge in [-0.05, 0) is 156 Å². The van der Waals surface area contributed by atoms with Gasteiger partial charge in [0, 0.05) is 0 Å². The lowest BCUT2D eigenvalue weighted by Gasteiger charge is -2.39. The number of rotatable bonds is 36. The van der Waals surface area contributed by atoms with Gasteiger partial charge in [-0.3, -0.25) is 0 Å². The summed E-state index contributed by atoms with van der Waals surface area (Å²) in [5, 5.41) is 6.80. The summed E-state index contributed by atoms with van der Waals surface area (Å²) in [5.74, 6) is 0.544. The largest absolute Gasteiger partial charge is 0.179 e. The van der Waals surface area contributed by atoms with Crippen molar-refractivity contribution in [3.63, 3.8) is 0 Å². The normalized spacial score (nSPS) is 13.4. The fraction of sp³-hybridized carbons (Fsp3) is 0.651. The van der Waals surface area contributed by atoms with Crippen molar-refractivity contribution in [2.45, 2.75) is 261 Å². The second-order valence-corrected chi connectivity index (χ2v) is 24.3. The van der Waals surface area contributed by atoms with E-state index >= 15 is 0 Å². The Morgan fingerprint density at radius 1 is 0.344 bits per heavy atom. The fourth-order valence-corrected chi connectivity index (χ4v) is 16.4. The summed E-state index contributed by atoms with van der Waals surface area (Å²) in [5.41, 5.74) is 11.3. The molecule has 0 heterocycles. The molecule has 1 heteroatoms. The van der Waals surface area contributed by atoms with Crippen LogP contribution in [0.5, 0.6) is 0 Å². The minimum absolute atomic E-state index is 0.544. The minimum Gasteiger partial charge on any atom is -0.0801 e. The van der Waals surface area contributed by atoms with E-state index in [-0.39, 0.29) is 0 Å². The molecule has 0 bridgehead atoms. The van der Waals surface area contributed by atoms with Crippen LogP contribution in [0.15, 0.2) is 77.5 Å². The van der Waals surface area contributed by atoms with Gasteiger partial charge in [0.1, 0.15) is 0 Å². The van der Waals surface area contributed by atoms with Crippen LogP contribution in [0, 0.1) is 5.92 Å². The zero-order valence-electron chi connectivity index (χ0n) is 43.6. The number of allylic oxidation sites excluding steroid dienone is 4. The predicted octanol–water partition coefficient (Wildman–Crippen LogP) is 17.7. The molecule has 0 spiro atoms. The topological polar surface area (TPSA) is 0 Å². The molecule has 0 fully saturated rings. The Morgan fingerprint density at radius 3 is 0.844 bits per heavy atom. The molecule has 0 aromatic heterocycles. The van der Waals surface area contributed by atoms with Gasteiger partial charge < -0.3 is 0 Å². The van der Waals surface area contributed by atoms with Crippen LogP contribution in [0.3, 0.4) is 0 Å². The third-order valence-corrected chi connectivity index (χ3v) is 19.7. The number of unbranched alkanes of at least 4 members (excludes halogenated alkanes) is 18. The highest BCUT2D eigenvalue weighted by molar-refractivity contribution is 7.16. The molecule has 3 aromatic carbocycles. The molecule has 0 saturated heterocycles. The molecule has 0 saturated carbocycles. The van der Waals surface area contributed by atoms with Gasteiger partial charge in [-0.25, -0.2) is 0 Å². The summed E-state index contributed by atoms with van der Waals surface area (Å²) in [6.07, 6.45) is 46.6. The van der Waals surface area contributed by atoms with Gasteiger partial charge in [0.15, 0.2) is 8.07 Å². The monoisotopic (exact) mass is 885 g/mol. The van der Waals surface area contributed by atoms with E-state index in [2.05, 4.69) is 122 Å². The summed E-state index contributed by atoms with van der Waals surface area (Å²) in [7, 11) is -2.85. The third-order valence-electron chi connectivity index (χ3n) is 14.9. The fourth-order valence-electron chi connectivity index (χ4n) is 10.9. The summed E-state index contributed by atoms with van der Waals surface area (Å²) in [4.78, 5) is 0. The molecular formula is C63H100Si. The van der Waals surface area contributed by atoms with Crippen molar-refractivity contribution in [2.24, 2.45) is 5.92 Å². The van der Waals surface area contributed by atoms with Gasteiger partial charge in [-0.15, -0.1) is 0 Å². The minimum atomic E-state index is -2.85. The molecule has 0 amide bonds. The van der Waals surface area contributed by atoms with Crippen LogP contribution in [-0.2, 0) is 38.5 Å². The molecule has 4 rings (SSSR count). The Balaban J connectivity index is 2.17. The summed E-state index contributed by atoms with van der Waals surface area (Å²) in [6.45, 7) is 19.1. The molecule has 1 aliphatic rings. The van der Waals surface area contributed by atoms with Crippen LogP contribution in [0.1, 0.15) is 256 Å². The number of hydrogen-bond acceptors (Lipinski definition) is 0. The maximum atomic E-state index is 2.81. The predicted molar refractivity (Wildman–Crippen MR) is 291 cm³/mol. The van der Waals surface area contributed by atoms with E-state index in [1.165, 1.54) is 199 Å². The van der Waals surface area contributed by atoms with E-state index in [0.717, 1.165) is 6.42 Å². The van der Waals surface area contributed by atoms with Gasteiger partial charge in [0.2, 0.25) is 0 Å². The lowest BCUT2D eigenvalue weighted by molar-refractivity contribution is 0.661. The smallest absolute Gasteiger partial charge is 0.0801 e. The van der Waals surface area contributed by atoms with Crippen molar-refractivity contribution < 1.29 is 0 Å². The highest BCUT2D eigenvalue weighted by Crippen LogP contribution is 2.36. The lowest BCUT2D eigenvalue weighted by Crippen LogP contribution is -2.69. The molecule has 356 valence electrons. The van der Waals surface area contributed by atoms with Crippen LogP contribution >= 0.6 is 0 Å². The van der Waals surface area contributed by atoms with E-state index in [9.17, 15) is 0 Å². The first kappa shape index (κ1) is 54.0. The van der Waals surface area contributed by atoms with Crippen molar-refractivity contribution in [1.29, 1.82) is 0 Å². The van der Waals surface area contributed by atoms with Crippen molar-refractivity contribution in [3.05, 3.63) is 111 Å². The average Bonchev–Trinajstić information content (AvgIpc) is 3.80. The highest BCUT2D eigenvalue weighted by Gasteiger charge is 2.46. The first-order valence-electron chi connectivity index (χ1n) is 28.2. The molecule has 0 N–H and O–H groups in total. The summed E-state index contributed by atoms with van der Waals surface area (Å²) in [6, 6.07) is 24.9. The molecule has 0 radical (unpaired) electrons. The molecular weight excluding hydrogens is 785 g/mol. The Morgan fingerprint density at radius 2 is 0.609 bits per heavy atom. The quantitative estimate of drug-likeness (QED) is 0.0310. The Hall–Kier alpha value is -2.64. The van der Waals surface area contributed by atoms with Gasteiger partial charge in [0.25, 0.3) is 0 Å². The van der Waals surface area contributed by atoms with Crippen LogP contribution in [0.2, 0.25) is 0 Å². The summed E-state index contributed by atoms with van der Waals surface area (Å²) >= 11 is 0. The Labute approximate surface area is 399 Å². The number of aryl methyl sites for hydroxylation is 6. The first-order chi connectivity index (χ1) is 31.4. The van der Waals surface area contributed by atoms with Crippen molar-refractivity contribution in [1.82, 2.24) is 0 Å². The molecule has 1 unspecified atom stereocenters. The SMILES string of the molecule is CCCCCCc1cc(CCCCCC)cc([Si](C2=CCC=C2C(C)CC)(c2cc(CCCCCC)cc(CCCCCC)c2)c2cc(CCCCCC)cc(CCCCCC)c2)c1. The highest BCUT2D eigenvalue weighted by atomic mass is 28.3. The van der Waals surface area contributed by atoms with Crippen LogP contribution in [0.4, 0.5) is 0 Å². The zero-order chi connectivity index (χ0) is 45.8. The second-order valence-electron chi connectivity index (χ2n) is 20.6. The lowest BCUT2D eigenvalue weighted by atomic mass is 9.99. The van der Waals surface area contributed by atoms with Gasteiger partial charge in [-0.1, -0.05) is 238 Å². The number of benzene rings is 3. The van der Waals surface area contributed by atoms with Crippen LogP contribution < -0.4 is 15.6 Å². The van der Waals surface area contributed by atoms with E-state index < -0.39 is 8.07 Å². The Kier molecular flexibility index (Phi) is 26.4. The van der Waals surface area contributed by atoms with E-state index in [0.29, 0.717) is 5.92 Å². The van der Waals surface area contributed by atoms with Crippen LogP contribution in [-0.4, -0.2) is 8.07 Å². The third kappa shape index (κ3) is 16.9. The average molecular weight is 886 g/mol. The van der Waals surface area contributed by atoms with Crippen molar-refractivity contribution in [3.8, 4) is 0 Å². The Bertz CT molecular complexity index is 1520. The van der Waals surface area contributed by atoms with Crippen LogP contribution in [0.25, 0.3) is 0 Å². The first-order valence-corrected chi connectivity index (χ1v) is 30.2. The van der Waals surface area contributed by atoms with Crippen molar-refractivity contribution >= 4 is 23.6 Å². The van der Waals surface area contributed by atoms with Gasteiger partial charge >= 0.3 is 0 Å². The maximum Gasteiger partial charge on any atom is 0.179 e. The maximum absolute atomic E-state index is 2.85. The molecule has 0 nitrogen and oxygen atoms in total. The van der Waals surface area contributed by atoms with Gasteiger partial charge in [-0.2, -0.15) is 0 Å². The molecule has 64 heavy (non-hydrogen) atoms. The second kappa shape index (κ2) is 31.4. The van der Waals surface area contributed by atoms with E-state index in [1.807, 2.05) is 0 Å². The summed E-state index contributed by atoms with van der Waals surface area (Å²) < 4.78 is 0. The van der Waals surface area contributed by atoms with E-state index in [1.54, 1.807) is 59.7 Å². The zero-order valence-corrected chi connectivity index (χ0v) is 44.6. The molecule has 1 aliphatic carbocycles. The van der Waals surface area contributed by atoms with Gasteiger partial charge in [0.05, 0.1) is 0 Å². The van der Waals surface area contributed by atoms with E-state index in [4.69, 9.17) is 0 Å². The standard InChI is InChI=1S/C63H100Si/c1-9-16-22-28-35-53-43-54(36-29-23-17-10-2)47-59(46-53)64(63-42-34-41-62(63)52(8)15-7,60-48-55(37-30-24-18-11-3)44-56(49-60)38-31-25-19-12-4)61-50-57(39-32-26-20-13-5)45-58(51-61)40-33-27-21-14-6/h41-52H,9-40H2,1-8H3. The molecule has 0 aliphatic heterocycles. The van der Waals surface area contributed by atoms with Crippen molar-refractivity contribution in [2.75, 3.05) is 0 Å².